The predicted octanol–water partition coefficient (Wildman–Crippen LogP) is 2.05. The number of aryl methyl sites for hydroxylation is 1. The van der Waals surface area contributed by atoms with E-state index in [2.05, 4.69) is 5.32 Å². The van der Waals surface area contributed by atoms with Crippen LogP contribution in [0.3, 0.4) is 0 Å². The highest BCUT2D eigenvalue weighted by Crippen LogP contribution is 2.02. The van der Waals surface area contributed by atoms with Gasteiger partial charge in [0.15, 0.2) is 0 Å². The van der Waals surface area contributed by atoms with Crippen LogP contribution >= 0.6 is 11.8 Å². The number of hydrogen-bond acceptors (Lipinski definition) is 2. The number of thioether (sulfide) groups is 1. The average molecular weight is 195 g/mol. The lowest BCUT2D eigenvalue weighted by Gasteiger charge is -2.02. The first kappa shape index (κ1) is 10.1. The maximum atomic E-state index is 11.4. The first-order chi connectivity index (χ1) is 6.24. The molecule has 13 heavy (non-hydrogen) atoms. The van der Waals surface area contributed by atoms with E-state index in [0.717, 1.165) is 5.56 Å². The Morgan fingerprint density at radius 3 is 2.54 bits per heavy atom. The molecule has 70 valence electrons. The van der Waals surface area contributed by atoms with E-state index in [1.54, 1.807) is 11.8 Å². The largest absolute Gasteiger partial charge is 0.343 e. The van der Waals surface area contributed by atoms with Gasteiger partial charge in [-0.1, -0.05) is 17.7 Å². The van der Waals surface area contributed by atoms with E-state index in [1.165, 1.54) is 5.56 Å². The van der Waals surface area contributed by atoms with Crippen LogP contribution in [-0.2, 0) is 0 Å². The number of nitrogens with one attached hydrogen (secondary N) is 1. The Hall–Kier alpha value is -0.960. The molecule has 1 amide bonds. The van der Waals surface area contributed by atoms with Crippen molar-refractivity contribution in [3.63, 3.8) is 0 Å². The maximum Gasteiger partial charge on any atom is 0.251 e. The number of hydrogen-bond donors (Lipinski definition) is 1. The van der Waals surface area contributed by atoms with Crippen LogP contribution < -0.4 is 5.32 Å². The fourth-order valence-electron chi connectivity index (χ4n) is 0.945. The molecule has 0 bridgehead atoms. The molecular formula is C10H13NOS. The number of benzene rings is 1. The molecule has 1 rings (SSSR count). The van der Waals surface area contributed by atoms with Crippen LogP contribution in [-0.4, -0.2) is 18.0 Å². The van der Waals surface area contributed by atoms with Gasteiger partial charge in [0, 0.05) is 5.56 Å². The van der Waals surface area contributed by atoms with Gasteiger partial charge in [-0.2, -0.15) is 0 Å². The summed E-state index contributed by atoms with van der Waals surface area (Å²) in [5.41, 5.74) is 1.89. The van der Waals surface area contributed by atoms with Gasteiger partial charge in [-0.25, -0.2) is 0 Å². The van der Waals surface area contributed by atoms with Crippen molar-refractivity contribution in [1.82, 2.24) is 5.32 Å². The van der Waals surface area contributed by atoms with Gasteiger partial charge in [0.05, 0.1) is 5.88 Å². The average Bonchev–Trinajstić information content (AvgIpc) is 2.15. The van der Waals surface area contributed by atoms with Gasteiger partial charge in [0.2, 0.25) is 0 Å². The van der Waals surface area contributed by atoms with Gasteiger partial charge in [-0.3, -0.25) is 4.79 Å². The third-order valence-corrected chi connectivity index (χ3v) is 2.12. The van der Waals surface area contributed by atoms with E-state index in [1.807, 2.05) is 37.4 Å². The minimum atomic E-state index is -0.00523. The standard InChI is InChI=1S/C10H13NOS/c1-8-3-5-9(6-4-8)10(12)11-7-13-2/h3-6H,7H2,1-2H3,(H,11,12). The first-order valence-electron chi connectivity index (χ1n) is 4.08. The fraction of sp³-hybridized carbons (Fsp3) is 0.300. The van der Waals surface area contributed by atoms with Crippen molar-refractivity contribution in [3.8, 4) is 0 Å². The van der Waals surface area contributed by atoms with Gasteiger partial charge in [-0.15, -0.1) is 11.8 Å². The van der Waals surface area contributed by atoms with Crippen molar-refractivity contribution in [1.29, 1.82) is 0 Å². The Labute approximate surface area is 82.7 Å². The molecule has 0 fully saturated rings. The molecule has 0 saturated heterocycles. The smallest absolute Gasteiger partial charge is 0.251 e. The molecule has 3 heteroatoms. The second-order valence-electron chi connectivity index (χ2n) is 2.80. The SMILES string of the molecule is CSCNC(=O)c1ccc(C)cc1. The third kappa shape index (κ3) is 3.11. The van der Waals surface area contributed by atoms with E-state index in [-0.39, 0.29) is 5.91 Å². The predicted molar refractivity (Wildman–Crippen MR) is 57.0 cm³/mol. The topological polar surface area (TPSA) is 29.1 Å². The molecule has 0 saturated carbocycles. The molecule has 0 radical (unpaired) electrons. The molecule has 0 atom stereocenters. The van der Waals surface area contributed by atoms with Crippen molar-refractivity contribution in [3.05, 3.63) is 35.4 Å². The van der Waals surface area contributed by atoms with Crippen molar-refractivity contribution in [2.75, 3.05) is 12.1 Å². The zero-order valence-electron chi connectivity index (χ0n) is 7.83. The monoisotopic (exact) mass is 195 g/mol. The van der Waals surface area contributed by atoms with E-state index in [9.17, 15) is 4.79 Å². The summed E-state index contributed by atoms with van der Waals surface area (Å²) in [7, 11) is 0. The summed E-state index contributed by atoms with van der Waals surface area (Å²) in [6.45, 7) is 2.00. The summed E-state index contributed by atoms with van der Waals surface area (Å²) in [6.07, 6.45) is 1.95. The van der Waals surface area contributed by atoms with Crippen LogP contribution in [0.15, 0.2) is 24.3 Å². The molecule has 0 unspecified atom stereocenters. The minimum absolute atomic E-state index is 0.00523. The van der Waals surface area contributed by atoms with Crippen LogP contribution in [0.25, 0.3) is 0 Å². The van der Waals surface area contributed by atoms with Crippen molar-refractivity contribution in [2.24, 2.45) is 0 Å². The zero-order chi connectivity index (χ0) is 9.68. The van der Waals surface area contributed by atoms with Crippen molar-refractivity contribution >= 4 is 17.7 Å². The molecule has 1 aromatic carbocycles. The van der Waals surface area contributed by atoms with Crippen LogP contribution in [0.5, 0.6) is 0 Å². The highest BCUT2D eigenvalue weighted by Gasteiger charge is 2.02. The molecular weight excluding hydrogens is 182 g/mol. The lowest BCUT2D eigenvalue weighted by atomic mass is 10.1. The molecule has 0 aromatic heterocycles. The van der Waals surface area contributed by atoms with Crippen molar-refractivity contribution < 1.29 is 4.79 Å². The molecule has 0 aliphatic carbocycles. The maximum absolute atomic E-state index is 11.4. The summed E-state index contributed by atoms with van der Waals surface area (Å²) >= 11 is 1.60. The fourth-order valence-corrected chi connectivity index (χ4v) is 1.22. The van der Waals surface area contributed by atoms with Crippen LogP contribution in [0.2, 0.25) is 0 Å². The van der Waals surface area contributed by atoms with Gasteiger partial charge in [0.1, 0.15) is 0 Å². The zero-order valence-corrected chi connectivity index (χ0v) is 8.65. The molecule has 2 nitrogen and oxygen atoms in total. The van der Waals surface area contributed by atoms with Gasteiger partial charge < -0.3 is 5.32 Å². The minimum Gasteiger partial charge on any atom is -0.343 e. The lowest BCUT2D eigenvalue weighted by molar-refractivity contribution is 0.0961. The molecule has 0 aliphatic heterocycles. The summed E-state index contributed by atoms with van der Waals surface area (Å²) in [4.78, 5) is 11.4. The Bertz CT molecular complexity index is 281. The van der Waals surface area contributed by atoms with E-state index in [4.69, 9.17) is 0 Å². The van der Waals surface area contributed by atoms with E-state index < -0.39 is 0 Å². The Kier molecular flexibility index (Phi) is 3.83. The normalized spacial score (nSPS) is 9.69. The Morgan fingerprint density at radius 1 is 1.38 bits per heavy atom. The summed E-state index contributed by atoms with van der Waals surface area (Å²) in [6, 6.07) is 7.55. The first-order valence-corrected chi connectivity index (χ1v) is 5.47. The number of carbonyl (C=O) groups excluding carboxylic acids is 1. The summed E-state index contributed by atoms with van der Waals surface area (Å²) in [5.74, 6) is 0.654. The molecule has 1 aromatic rings. The molecule has 0 aliphatic rings. The number of rotatable bonds is 3. The van der Waals surface area contributed by atoms with Crippen LogP contribution in [0.4, 0.5) is 0 Å². The quantitative estimate of drug-likeness (QED) is 0.748. The summed E-state index contributed by atoms with van der Waals surface area (Å²) in [5, 5.41) is 2.79. The molecule has 0 spiro atoms. The van der Waals surface area contributed by atoms with E-state index >= 15 is 0 Å². The third-order valence-electron chi connectivity index (χ3n) is 1.69. The lowest BCUT2D eigenvalue weighted by Crippen LogP contribution is -2.22. The Morgan fingerprint density at radius 2 is 2.00 bits per heavy atom. The van der Waals surface area contributed by atoms with Crippen LogP contribution in [0, 0.1) is 6.92 Å². The van der Waals surface area contributed by atoms with Gasteiger partial charge in [0.25, 0.3) is 5.91 Å². The highest BCUT2D eigenvalue weighted by molar-refractivity contribution is 7.98. The van der Waals surface area contributed by atoms with Gasteiger partial charge in [-0.05, 0) is 25.3 Å². The summed E-state index contributed by atoms with van der Waals surface area (Å²) < 4.78 is 0. The van der Waals surface area contributed by atoms with Crippen molar-refractivity contribution in [2.45, 2.75) is 6.92 Å². The Balaban J connectivity index is 2.61. The second-order valence-corrected chi connectivity index (χ2v) is 3.67. The highest BCUT2D eigenvalue weighted by atomic mass is 32.2. The molecule has 1 N–H and O–H groups in total. The number of carbonyl (C=O) groups is 1. The van der Waals surface area contributed by atoms with Crippen LogP contribution in [0.1, 0.15) is 15.9 Å². The molecule has 0 heterocycles. The van der Waals surface area contributed by atoms with Gasteiger partial charge >= 0.3 is 0 Å². The van der Waals surface area contributed by atoms with E-state index in [0.29, 0.717) is 5.88 Å². The second kappa shape index (κ2) is 4.92. The number of amides is 1.